The molecule has 2 nitrogen and oxygen atoms in total. The molecule has 1 aromatic rings. The number of hydrogen-bond donors (Lipinski definition) is 1. The van der Waals surface area contributed by atoms with E-state index in [0.717, 1.165) is 42.6 Å². The molecular weight excluding hydrogens is 272 g/mol. The first-order valence-electron chi connectivity index (χ1n) is 8.20. The van der Waals surface area contributed by atoms with Gasteiger partial charge in [-0.15, -0.1) is 0 Å². The molecule has 0 bridgehead atoms. The first-order valence-corrected chi connectivity index (χ1v) is 8.20. The van der Waals surface area contributed by atoms with Gasteiger partial charge in [0.25, 0.3) is 0 Å². The van der Waals surface area contributed by atoms with Crippen LogP contribution in [-0.2, 0) is 6.42 Å². The van der Waals surface area contributed by atoms with Gasteiger partial charge in [0.15, 0.2) is 0 Å². The Balaban J connectivity index is 2.53. The lowest BCUT2D eigenvalue weighted by Crippen LogP contribution is -2.17. The van der Waals surface area contributed by atoms with E-state index in [0.29, 0.717) is 11.7 Å². The minimum Gasteiger partial charge on any atom is -0.507 e. The summed E-state index contributed by atoms with van der Waals surface area (Å²) < 4.78 is 5.61. The van der Waals surface area contributed by atoms with E-state index in [1.54, 1.807) is 7.11 Å². The van der Waals surface area contributed by atoms with Crippen molar-refractivity contribution < 1.29 is 9.84 Å². The van der Waals surface area contributed by atoms with Gasteiger partial charge in [-0.2, -0.15) is 0 Å². The molecule has 0 aliphatic heterocycles. The average Bonchev–Trinajstić information content (AvgIpc) is 2.46. The van der Waals surface area contributed by atoms with Crippen LogP contribution in [-0.4, -0.2) is 12.2 Å². The fourth-order valence-electron chi connectivity index (χ4n) is 3.51. The molecule has 0 heterocycles. The second kappa shape index (κ2) is 7.04. The minimum atomic E-state index is 0.150. The largest absolute Gasteiger partial charge is 0.507 e. The van der Waals surface area contributed by atoms with Gasteiger partial charge >= 0.3 is 0 Å². The van der Waals surface area contributed by atoms with E-state index in [4.69, 9.17) is 4.74 Å². The lowest BCUT2D eigenvalue weighted by molar-refractivity contribution is 0.381. The van der Waals surface area contributed by atoms with Crippen molar-refractivity contribution in [2.75, 3.05) is 7.11 Å². The fraction of sp³-hybridized carbons (Fsp3) is 0.500. The maximum absolute atomic E-state index is 10.6. The Morgan fingerprint density at radius 1 is 1.41 bits per heavy atom. The summed E-state index contributed by atoms with van der Waals surface area (Å²) in [6.07, 6.45) is 6.47. The topological polar surface area (TPSA) is 29.5 Å². The number of ether oxygens (including phenoxy) is 1. The Morgan fingerprint density at radius 2 is 2.14 bits per heavy atom. The van der Waals surface area contributed by atoms with Crippen molar-refractivity contribution in [3.05, 3.63) is 47.1 Å². The van der Waals surface area contributed by atoms with Crippen molar-refractivity contribution in [1.82, 2.24) is 0 Å². The Kier molecular flexibility index (Phi) is 5.33. The monoisotopic (exact) mass is 300 g/mol. The Bertz CT molecular complexity index is 584. The Labute approximate surface area is 134 Å². The zero-order valence-electron chi connectivity index (χ0n) is 14.3. The lowest BCUT2D eigenvalue weighted by atomic mass is 9.73. The molecule has 1 aliphatic carbocycles. The normalized spacial score (nSPS) is 21.4. The van der Waals surface area contributed by atoms with Gasteiger partial charge in [-0.25, -0.2) is 0 Å². The number of benzene rings is 1. The standard InChI is InChI=1S/C20H28O2/c1-6-7-15-11-18(21)20(19(12-15)22-5)17-10-14(4)8-9-16(17)13(2)3/h10-12,16-17,21H,2,6-9H2,1,3-5H3/t16-,17+/m0/s1. The summed E-state index contributed by atoms with van der Waals surface area (Å²) >= 11 is 0. The van der Waals surface area contributed by atoms with Gasteiger partial charge in [-0.3, -0.25) is 0 Å². The zero-order valence-corrected chi connectivity index (χ0v) is 14.3. The SMILES string of the molecule is C=C(C)[C@@H]1CCC(C)=C[C@H]1c1c(O)cc(CCC)cc1OC. The van der Waals surface area contributed by atoms with Gasteiger partial charge in [0.1, 0.15) is 11.5 Å². The quantitative estimate of drug-likeness (QED) is 0.741. The molecule has 0 spiro atoms. The molecule has 2 rings (SSSR count). The molecule has 2 heteroatoms. The smallest absolute Gasteiger partial charge is 0.126 e. The number of hydrogen-bond acceptors (Lipinski definition) is 2. The second-order valence-electron chi connectivity index (χ2n) is 6.51. The van der Waals surface area contributed by atoms with Crippen LogP contribution in [0.5, 0.6) is 11.5 Å². The van der Waals surface area contributed by atoms with E-state index < -0.39 is 0 Å². The van der Waals surface area contributed by atoms with Gasteiger partial charge in [0, 0.05) is 11.5 Å². The van der Waals surface area contributed by atoms with Gasteiger partial charge in [0.05, 0.1) is 7.11 Å². The van der Waals surface area contributed by atoms with E-state index in [9.17, 15) is 5.11 Å². The van der Waals surface area contributed by atoms with Gasteiger partial charge < -0.3 is 9.84 Å². The number of aryl methyl sites for hydroxylation is 1. The molecule has 1 aromatic carbocycles. The van der Waals surface area contributed by atoms with Crippen molar-refractivity contribution in [2.45, 2.75) is 52.4 Å². The molecule has 0 unspecified atom stereocenters. The van der Waals surface area contributed by atoms with Gasteiger partial charge in [-0.05, 0) is 56.7 Å². The van der Waals surface area contributed by atoms with Crippen LogP contribution >= 0.6 is 0 Å². The molecule has 0 fully saturated rings. The van der Waals surface area contributed by atoms with Crippen molar-refractivity contribution in [3.8, 4) is 11.5 Å². The molecule has 0 amide bonds. The molecule has 22 heavy (non-hydrogen) atoms. The number of phenolic OH excluding ortho intramolecular Hbond substituents is 1. The van der Waals surface area contributed by atoms with Crippen LogP contribution in [0.2, 0.25) is 0 Å². The van der Waals surface area contributed by atoms with E-state index >= 15 is 0 Å². The summed E-state index contributed by atoms with van der Waals surface area (Å²) in [6, 6.07) is 3.97. The van der Waals surface area contributed by atoms with Gasteiger partial charge in [0.2, 0.25) is 0 Å². The minimum absolute atomic E-state index is 0.150. The third-order valence-corrected chi connectivity index (χ3v) is 4.65. The van der Waals surface area contributed by atoms with Crippen molar-refractivity contribution in [3.63, 3.8) is 0 Å². The zero-order chi connectivity index (χ0) is 16.3. The summed E-state index contributed by atoms with van der Waals surface area (Å²) in [7, 11) is 1.68. The molecule has 1 N–H and O–H groups in total. The first-order chi connectivity index (χ1) is 10.5. The Hall–Kier alpha value is -1.70. The number of allylic oxidation sites excluding steroid dienone is 3. The van der Waals surface area contributed by atoms with Gasteiger partial charge in [-0.1, -0.05) is 37.1 Å². The van der Waals surface area contributed by atoms with Crippen LogP contribution in [0.3, 0.4) is 0 Å². The number of methoxy groups -OCH3 is 1. The van der Waals surface area contributed by atoms with Crippen LogP contribution in [0.1, 0.15) is 57.1 Å². The predicted octanol–water partition coefficient (Wildman–Crippen LogP) is 5.37. The highest BCUT2D eigenvalue weighted by molar-refractivity contribution is 5.52. The van der Waals surface area contributed by atoms with Crippen molar-refractivity contribution in [1.29, 1.82) is 0 Å². The highest BCUT2D eigenvalue weighted by atomic mass is 16.5. The highest BCUT2D eigenvalue weighted by Crippen LogP contribution is 2.46. The van der Waals surface area contributed by atoms with Crippen molar-refractivity contribution >= 4 is 0 Å². The molecule has 2 atom stereocenters. The van der Waals surface area contributed by atoms with Crippen molar-refractivity contribution in [2.24, 2.45) is 5.92 Å². The molecule has 1 aliphatic rings. The third kappa shape index (κ3) is 3.37. The second-order valence-corrected chi connectivity index (χ2v) is 6.51. The number of aromatic hydroxyl groups is 1. The van der Waals surface area contributed by atoms with Crippen LogP contribution in [0.15, 0.2) is 35.9 Å². The lowest BCUT2D eigenvalue weighted by Gasteiger charge is -2.32. The summed E-state index contributed by atoms with van der Waals surface area (Å²) in [5.41, 5.74) is 4.59. The maximum atomic E-state index is 10.6. The predicted molar refractivity (Wildman–Crippen MR) is 92.7 cm³/mol. The number of rotatable bonds is 5. The van der Waals surface area contributed by atoms with Crippen LogP contribution in [0, 0.1) is 5.92 Å². The highest BCUT2D eigenvalue weighted by Gasteiger charge is 2.30. The summed E-state index contributed by atoms with van der Waals surface area (Å²) in [4.78, 5) is 0. The average molecular weight is 300 g/mol. The van der Waals surface area contributed by atoms with Crippen LogP contribution in [0.4, 0.5) is 0 Å². The van der Waals surface area contributed by atoms with E-state index in [2.05, 4.69) is 39.5 Å². The third-order valence-electron chi connectivity index (χ3n) is 4.65. The molecule has 0 saturated carbocycles. The molecule has 0 aromatic heterocycles. The first kappa shape index (κ1) is 16.7. The van der Waals surface area contributed by atoms with E-state index in [1.165, 1.54) is 11.1 Å². The van der Waals surface area contributed by atoms with Crippen LogP contribution in [0.25, 0.3) is 0 Å². The van der Waals surface area contributed by atoms with E-state index in [-0.39, 0.29) is 5.92 Å². The molecule has 120 valence electrons. The molecule has 0 radical (unpaired) electrons. The van der Waals surface area contributed by atoms with Crippen LogP contribution < -0.4 is 4.74 Å². The van der Waals surface area contributed by atoms with E-state index in [1.807, 2.05) is 6.07 Å². The molecular formula is C20H28O2. The summed E-state index contributed by atoms with van der Waals surface area (Å²) in [5.74, 6) is 1.66. The summed E-state index contributed by atoms with van der Waals surface area (Å²) in [6.45, 7) is 10.5. The summed E-state index contributed by atoms with van der Waals surface area (Å²) in [5, 5.41) is 10.6. The number of phenols is 1. The Morgan fingerprint density at radius 3 is 2.73 bits per heavy atom. The molecule has 0 saturated heterocycles. The maximum Gasteiger partial charge on any atom is 0.126 e. The fourth-order valence-corrected chi connectivity index (χ4v) is 3.51.